The third kappa shape index (κ3) is 2.75. The van der Waals surface area contributed by atoms with Gasteiger partial charge < -0.3 is 15.5 Å². The van der Waals surface area contributed by atoms with Crippen LogP contribution in [0.15, 0.2) is 29.5 Å². The molecule has 0 bridgehead atoms. The summed E-state index contributed by atoms with van der Waals surface area (Å²) in [6, 6.07) is 10.1. The monoisotopic (exact) mass is 278 g/mol. The number of nitrogens with zero attached hydrogens (tertiary/aromatic N) is 4. The van der Waals surface area contributed by atoms with Gasteiger partial charge in [-0.25, -0.2) is 4.79 Å². The van der Waals surface area contributed by atoms with Gasteiger partial charge in [0.1, 0.15) is 23.9 Å². The van der Waals surface area contributed by atoms with Crippen LogP contribution in [-0.2, 0) is 6.54 Å². The summed E-state index contributed by atoms with van der Waals surface area (Å²) in [5.41, 5.74) is 1.76. The smallest absolute Gasteiger partial charge is 0.321 e. The number of nitrogens with one attached hydrogen (secondary N) is 2. The molecule has 2 N–H and O–H groups in total. The molecule has 0 saturated carbocycles. The first kappa shape index (κ1) is 13.9. The van der Waals surface area contributed by atoms with Crippen LogP contribution in [-0.4, -0.2) is 18.0 Å². The molecule has 0 radical (unpaired) electrons. The molecule has 2 amide bonds. The van der Waals surface area contributed by atoms with E-state index < -0.39 is 0 Å². The summed E-state index contributed by atoms with van der Waals surface area (Å²) in [6.45, 7) is 0.436. The van der Waals surface area contributed by atoms with Crippen molar-refractivity contribution in [2.24, 2.45) is 0 Å². The zero-order valence-electron chi connectivity index (χ0n) is 11.1. The Morgan fingerprint density at radius 1 is 1.29 bits per heavy atom. The summed E-state index contributed by atoms with van der Waals surface area (Å²) in [6.07, 6.45) is 0. The summed E-state index contributed by atoms with van der Waals surface area (Å²) in [5, 5.41) is 32.0. The van der Waals surface area contributed by atoms with E-state index in [1.165, 1.54) is 4.90 Å². The van der Waals surface area contributed by atoms with Gasteiger partial charge in [0.25, 0.3) is 0 Å². The third-order valence-electron chi connectivity index (χ3n) is 2.96. The van der Waals surface area contributed by atoms with Crippen molar-refractivity contribution in [2.75, 3.05) is 17.7 Å². The SMILES string of the molecule is CN1Cc2cc(NC(C#N)=C(C#N)C#N)ccc2NC1=O. The first-order valence-electron chi connectivity index (χ1n) is 5.95. The van der Waals surface area contributed by atoms with Crippen molar-refractivity contribution in [3.05, 3.63) is 35.0 Å². The quantitative estimate of drug-likeness (QED) is 0.801. The number of rotatable bonds is 2. The van der Waals surface area contributed by atoms with Gasteiger partial charge in [0.15, 0.2) is 5.57 Å². The van der Waals surface area contributed by atoms with Crippen LogP contribution in [0.1, 0.15) is 5.56 Å². The van der Waals surface area contributed by atoms with Crippen LogP contribution < -0.4 is 10.6 Å². The Morgan fingerprint density at radius 2 is 2.00 bits per heavy atom. The number of anilines is 2. The minimum absolute atomic E-state index is 0.104. The van der Waals surface area contributed by atoms with Gasteiger partial charge in [0, 0.05) is 25.0 Å². The molecule has 0 fully saturated rings. The van der Waals surface area contributed by atoms with Crippen molar-refractivity contribution in [1.82, 2.24) is 4.90 Å². The number of hydrogen-bond acceptors (Lipinski definition) is 5. The predicted octanol–water partition coefficient (Wildman–Crippen LogP) is 1.90. The lowest BCUT2D eigenvalue weighted by Gasteiger charge is -2.26. The van der Waals surface area contributed by atoms with E-state index in [4.69, 9.17) is 15.8 Å². The van der Waals surface area contributed by atoms with Crippen LogP contribution in [0.2, 0.25) is 0 Å². The minimum atomic E-state index is -0.277. The molecule has 1 heterocycles. The Kier molecular flexibility index (Phi) is 3.74. The van der Waals surface area contributed by atoms with E-state index in [1.807, 2.05) is 0 Å². The van der Waals surface area contributed by atoms with Crippen molar-refractivity contribution in [1.29, 1.82) is 15.8 Å². The van der Waals surface area contributed by atoms with Gasteiger partial charge in [-0.05, 0) is 23.8 Å². The Bertz CT molecular complexity index is 743. The second kappa shape index (κ2) is 5.64. The van der Waals surface area contributed by atoms with E-state index in [0.29, 0.717) is 17.9 Å². The zero-order chi connectivity index (χ0) is 15.4. The molecule has 0 spiro atoms. The molecule has 102 valence electrons. The van der Waals surface area contributed by atoms with Gasteiger partial charge in [0.2, 0.25) is 0 Å². The molecule has 0 aromatic heterocycles. The van der Waals surface area contributed by atoms with E-state index in [-0.39, 0.29) is 17.3 Å². The number of carbonyl (C=O) groups excluding carboxylic acids is 1. The first-order valence-corrected chi connectivity index (χ1v) is 5.95. The fourth-order valence-corrected chi connectivity index (χ4v) is 1.89. The van der Waals surface area contributed by atoms with Crippen molar-refractivity contribution in [3.8, 4) is 18.2 Å². The average molecular weight is 278 g/mol. The Morgan fingerprint density at radius 3 is 2.62 bits per heavy atom. The minimum Gasteiger partial charge on any atom is -0.345 e. The molecule has 0 aliphatic carbocycles. The lowest BCUT2D eigenvalue weighted by Crippen LogP contribution is -2.35. The Balaban J connectivity index is 2.33. The van der Waals surface area contributed by atoms with Crippen LogP contribution in [0.4, 0.5) is 16.2 Å². The van der Waals surface area contributed by atoms with Gasteiger partial charge in [-0.3, -0.25) is 0 Å². The normalized spacial score (nSPS) is 12.1. The second-order valence-electron chi connectivity index (χ2n) is 4.37. The fraction of sp³-hybridized carbons (Fsp3) is 0.143. The number of benzene rings is 1. The molecule has 21 heavy (non-hydrogen) atoms. The molecule has 2 rings (SSSR count). The van der Waals surface area contributed by atoms with Gasteiger partial charge >= 0.3 is 6.03 Å². The highest BCUT2D eigenvalue weighted by Gasteiger charge is 2.19. The average Bonchev–Trinajstić information content (AvgIpc) is 2.48. The van der Waals surface area contributed by atoms with Crippen molar-refractivity contribution in [2.45, 2.75) is 6.54 Å². The van der Waals surface area contributed by atoms with E-state index in [1.54, 1.807) is 43.5 Å². The van der Waals surface area contributed by atoms with Crippen molar-refractivity contribution < 1.29 is 4.79 Å². The van der Waals surface area contributed by atoms with Crippen molar-refractivity contribution >= 4 is 17.4 Å². The van der Waals surface area contributed by atoms with Crippen LogP contribution in [0.25, 0.3) is 0 Å². The lowest BCUT2D eigenvalue weighted by atomic mass is 10.1. The molecular formula is C14H10N6O. The Labute approximate surface area is 121 Å². The highest BCUT2D eigenvalue weighted by atomic mass is 16.2. The maximum atomic E-state index is 11.5. The summed E-state index contributed by atoms with van der Waals surface area (Å²) < 4.78 is 0. The maximum Gasteiger partial charge on any atom is 0.321 e. The number of carbonyl (C=O) groups is 1. The maximum absolute atomic E-state index is 11.5. The molecule has 0 atom stereocenters. The van der Waals surface area contributed by atoms with Crippen LogP contribution >= 0.6 is 0 Å². The highest BCUT2D eigenvalue weighted by Crippen LogP contribution is 2.26. The zero-order valence-corrected chi connectivity index (χ0v) is 11.1. The van der Waals surface area contributed by atoms with E-state index in [2.05, 4.69) is 10.6 Å². The topological polar surface area (TPSA) is 116 Å². The number of amides is 2. The second-order valence-corrected chi connectivity index (χ2v) is 4.37. The fourth-order valence-electron chi connectivity index (χ4n) is 1.89. The van der Waals surface area contributed by atoms with Gasteiger partial charge in [-0.1, -0.05) is 0 Å². The third-order valence-corrected chi connectivity index (χ3v) is 2.96. The standard InChI is InChI=1S/C14H10N6O/c1-20-8-9-4-11(2-3-12(9)19-14(20)21)18-13(7-17)10(5-15)6-16/h2-4,18H,8H2,1H3,(H,19,21). The van der Waals surface area contributed by atoms with E-state index in [0.717, 1.165) is 5.56 Å². The summed E-state index contributed by atoms with van der Waals surface area (Å²) >= 11 is 0. The van der Waals surface area contributed by atoms with Crippen LogP contribution in [0.5, 0.6) is 0 Å². The Hall–Kier alpha value is -3.50. The summed E-state index contributed by atoms with van der Waals surface area (Å²) in [4.78, 5) is 13.0. The molecule has 0 saturated heterocycles. The molecular weight excluding hydrogens is 268 g/mol. The largest absolute Gasteiger partial charge is 0.345 e. The number of allylic oxidation sites excluding steroid dienone is 2. The predicted molar refractivity (Wildman–Crippen MR) is 74.4 cm³/mol. The molecule has 7 nitrogen and oxygen atoms in total. The van der Waals surface area contributed by atoms with E-state index in [9.17, 15) is 4.79 Å². The number of urea groups is 1. The van der Waals surface area contributed by atoms with Gasteiger partial charge in [-0.2, -0.15) is 15.8 Å². The van der Waals surface area contributed by atoms with Gasteiger partial charge in [0.05, 0.1) is 0 Å². The van der Waals surface area contributed by atoms with Crippen LogP contribution in [0.3, 0.4) is 0 Å². The lowest BCUT2D eigenvalue weighted by molar-refractivity contribution is 0.218. The molecule has 1 aromatic carbocycles. The summed E-state index contributed by atoms with van der Waals surface area (Å²) in [7, 11) is 1.67. The van der Waals surface area contributed by atoms with Gasteiger partial charge in [-0.15, -0.1) is 0 Å². The number of nitriles is 3. The number of hydrogen-bond donors (Lipinski definition) is 2. The molecule has 0 unspecified atom stereocenters. The highest BCUT2D eigenvalue weighted by molar-refractivity contribution is 5.92. The first-order chi connectivity index (χ1) is 10.1. The van der Waals surface area contributed by atoms with Crippen LogP contribution in [0, 0.1) is 34.0 Å². The number of fused-ring (bicyclic) bond motifs is 1. The molecule has 1 aromatic rings. The molecule has 1 aliphatic heterocycles. The molecule has 1 aliphatic rings. The summed E-state index contributed by atoms with van der Waals surface area (Å²) in [5.74, 6) is 0. The van der Waals surface area contributed by atoms with Crippen molar-refractivity contribution in [3.63, 3.8) is 0 Å². The molecule has 7 heteroatoms. The van der Waals surface area contributed by atoms with E-state index >= 15 is 0 Å².